The number of hydrogen-bond acceptors (Lipinski definition) is 6. The fourth-order valence-corrected chi connectivity index (χ4v) is 3.87. The molecule has 0 radical (unpaired) electrons. The van der Waals surface area contributed by atoms with Gasteiger partial charge in [-0.3, -0.25) is 0 Å². The highest BCUT2D eigenvalue weighted by Gasteiger charge is 2.13. The highest BCUT2D eigenvalue weighted by Crippen LogP contribution is 2.31. The van der Waals surface area contributed by atoms with Crippen LogP contribution in [0.2, 0.25) is 0 Å². The quantitative estimate of drug-likeness (QED) is 0.476. The van der Waals surface area contributed by atoms with Gasteiger partial charge in [-0.1, -0.05) is 11.3 Å². The van der Waals surface area contributed by atoms with Gasteiger partial charge in [-0.05, 0) is 50.2 Å². The fraction of sp³-hybridized carbons (Fsp3) is 0.111. The number of oxazole rings is 1. The second-order valence-electron chi connectivity index (χ2n) is 5.86. The number of aromatic nitrogens is 5. The molecule has 0 aliphatic carbocycles. The molecule has 0 amide bonds. The van der Waals surface area contributed by atoms with Gasteiger partial charge in [0.1, 0.15) is 0 Å². The number of nitrogens with zero attached hydrogens (tertiary/aromatic N) is 5. The van der Waals surface area contributed by atoms with Crippen LogP contribution in [0.3, 0.4) is 0 Å². The van der Waals surface area contributed by atoms with Crippen molar-refractivity contribution in [2.24, 2.45) is 0 Å². The van der Waals surface area contributed by atoms with Gasteiger partial charge >= 0.3 is 0 Å². The summed E-state index contributed by atoms with van der Waals surface area (Å²) in [5.74, 6) is 0.566. The van der Waals surface area contributed by atoms with Crippen LogP contribution in [-0.2, 0) is 0 Å². The van der Waals surface area contributed by atoms with E-state index in [-0.39, 0.29) is 0 Å². The van der Waals surface area contributed by atoms with Crippen LogP contribution in [0.1, 0.15) is 11.4 Å². The monoisotopic (exact) mass is 347 g/mol. The highest BCUT2D eigenvalue weighted by molar-refractivity contribution is 7.20. The van der Waals surface area contributed by atoms with E-state index in [4.69, 9.17) is 9.40 Å². The Kier molecular flexibility index (Phi) is 2.98. The lowest BCUT2D eigenvalue weighted by Gasteiger charge is -1.96. The van der Waals surface area contributed by atoms with E-state index in [9.17, 15) is 0 Å². The molecule has 0 saturated heterocycles. The molecule has 1 aromatic carbocycles. The minimum atomic E-state index is 0.566. The summed E-state index contributed by atoms with van der Waals surface area (Å²) >= 11 is 1.60. The maximum absolute atomic E-state index is 5.81. The number of aryl methyl sites for hydroxylation is 2. The van der Waals surface area contributed by atoms with E-state index in [0.717, 1.165) is 32.3 Å². The van der Waals surface area contributed by atoms with Crippen LogP contribution in [0, 0.1) is 13.8 Å². The first-order valence-corrected chi connectivity index (χ1v) is 8.65. The van der Waals surface area contributed by atoms with E-state index in [1.165, 1.54) is 0 Å². The van der Waals surface area contributed by atoms with Gasteiger partial charge in [0.25, 0.3) is 0 Å². The Morgan fingerprint density at radius 1 is 1.08 bits per heavy atom. The van der Waals surface area contributed by atoms with E-state index < -0.39 is 0 Å². The third-order valence-corrected chi connectivity index (χ3v) is 4.97. The third kappa shape index (κ3) is 2.32. The van der Waals surface area contributed by atoms with Crippen molar-refractivity contribution >= 4 is 32.8 Å². The molecule has 7 heteroatoms. The summed E-state index contributed by atoms with van der Waals surface area (Å²) in [5.41, 5.74) is 5.20. The number of rotatable bonds is 2. The van der Waals surface area contributed by atoms with Crippen LogP contribution in [0.25, 0.3) is 38.0 Å². The Labute approximate surface area is 146 Å². The summed E-state index contributed by atoms with van der Waals surface area (Å²) in [5, 5.41) is 5.37. The topological polar surface area (TPSA) is 69.6 Å². The molecule has 0 atom stereocenters. The number of hydrogen-bond donors (Lipinski definition) is 0. The SMILES string of the molecule is Cc1cc(C)n(-c2nc3ccc(-c4nc5ncccc5o4)cc3s2)n1. The summed E-state index contributed by atoms with van der Waals surface area (Å²) < 4.78 is 8.75. The smallest absolute Gasteiger partial charge is 0.228 e. The average molecular weight is 347 g/mol. The van der Waals surface area contributed by atoms with Gasteiger partial charge in [-0.15, -0.1) is 0 Å². The van der Waals surface area contributed by atoms with Crippen molar-refractivity contribution in [3.8, 4) is 16.6 Å². The molecule has 0 aliphatic rings. The zero-order chi connectivity index (χ0) is 17.0. The van der Waals surface area contributed by atoms with Gasteiger partial charge in [-0.2, -0.15) is 10.1 Å². The Bertz CT molecular complexity index is 1200. The van der Waals surface area contributed by atoms with Crippen molar-refractivity contribution in [3.63, 3.8) is 0 Å². The molecule has 6 nitrogen and oxygen atoms in total. The molecule has 0 N–H and O–H groups in total. The first-order chi connectivity index (χ1) is 12.2. The molecule has 5 aromatic rings. The molecule has 0 bridgehead atoms. The predicted octanol–water partition coefficient (Wildman–Crippen LogP) is 4.30. The van der Waals surface area contributed by atoms with Gasteiger partial charge in [0.15, 0.2) is 11.2 Å². The predicted molar refractivity (Wildman–Crippen MR) is 97.0 cm³/mol. The Hall–Kier alpha value is -3.06. The Morgan fingerprint density at radius 3 is 2.80 bits per heavy atom. The second kappa shape index (κ2) is 5.22. The van der Waals surface area contributed by atoms with Crippen molar-refractivity contribution < 1.29 is 4.42 Å². The lowest BCUT2D eigenvalue weighted by atomic mass is 10.2. The number of fused-ring (bicyclic) bond motifs is 2. The molecule has 25 heavy (non-hydrogen) atoms. The Balaban J connectivity index is 1.63. The maximum Gasteiger partial charge on any atom is 0.228 e. The van der Waals surface area contributed by atoms with Crippen LogP contribution >= 0.6 is 11.3 Å². The molecular formula is C18H13N5OS. The maximum atomic E-state index is 5.81. The Morgan fingerprint density at radius 2 is 2.00 bits per heavy atom. The molecule has 122 valence electrons. The van der Waals surface area contributed by atoms with Crippen LogP contribution in [0.5, 0.6) is 0 Å². The van der Waals surface area contributed by atoms with Crippen molar-refractivity contribution in [2.45, 2.75) is 13.8 Å². The first-order valence-electron chi connectivity index (χ1n) is 7.83. The van der Waals surface area contributed by atoms with Crippen LogP contribution < -0.4 is 0 Å². The fourth-order valence-electron chi connectivity index (χ4n) is 2.85. The molecule has 4 heterocycles. The van der Waals surface area contributed by atoms with E-state index >= 15 is 0 Å². The number of benzene rings is 1. The molecule has 0 spiro atoms. The van der Waals surface area contributed by atoms with Gasteiger partial charge < -0.3 is 4.42 Å². The van der Waals surface area contributed by atoms with Crippen LogP contribution in [-0.4, -0.2) is 24.7 Å². The second-order valence-corrected chi connectivity index (χ2v) is 6.87. The molecule has 0 aliphatic heterocycles. The molecule has 4 aromatic heterocycles. The normalized spacial score (nSPS) is 11.6. The lowest BCUT2D eigenvalue weighted by Crippen LogP contribution is -1.97. The summed E-state index contributed by atoms with van der Waals surface area (Å²) in [6, 6.07) is 11.8. The largest absolute Gasteiger partial charge is 0.434 e. The minimum absolute atomic E-state index is 0.566. The summed E-state index contributed by atoms with van der Waals surface area (Å²) in [6.45, 7) is 4.01. The van der Waals surface area contributed by atoms with E-state index in [1.807, 2.05) is 54.9 Å². The standard InChI is InChI=1S/C18H13N5OS/c1-10-8-11(2)23(22-10)18-20-13-6-5-12(9-15(13)25-18)17-21-16-14(24-17)4-3-7-19-16/h3-9H,1-2H3. The van der Waals surface area contributed by atoms with Crippen LogP contribution in [0.4, 0.5) is 0 Å². The minimum Gasteiger partial charge on any atom is -0.434 e. The van der Waals surface area contributed by atoms with E-state index in [0.29, 0.717) is 17.1 Å². The zero-order valence-corrected chi connectivity index (χ0v) is 14.4. The van der Waals surface area contributed by atoms with Crippen molar-refractivity contribution in [1.82, 2.24) is 24.7 Å². The van der Waals surface area contributed by atoms with Crippen molar-refractivity contribution in [2.75, 3.05) is 0 Å². The lowest BCUT2D eigenvalue weighted by molar-refractivity contribution is 0.620. The van der Waals surface area contributed by atoms with E-state index in [2.05, 4.69) is 15.1 Å². The summed E-state index contributed by atoms with van der Waals surface area (Å²) in [4.78, 5) is 13.4. The molecule has 0 fully saturated rings. The third-order valence-electron chi connectivity index (χ3n) is 3.98. The van der Waals surface area contributed by atoms with Crippen molar-refractivity contribution in [3.05, 3.63) is 54.0 Å². The van der Waals surface area contributed by atoms with E-state index in [1.54, 1.807) is 17.5 Å². The van der Waals surface area contributed by atoms with Crippen molar-refractivity contribution in [1.29, 1.82) is 0 Å². The summed E-state index contributed by atoms with van der Waals surface area (Å²) in [6.07, 6.45) is 1.71. The van der Waals surface area contributed by atoms with Gasteiger partial charge in [0.05, 0.1) is 15.9 Å². The average Bonchev–Trinajstić information content (AvgIpc) is 3.29. The highest BCUT2D eigenvalue weighted by atomic mass is 32.1. The molecule has 5 rings (SSSR count). The number of pyridine rings is 1. The molecule has 0 saturated carbocycles. The zero-order valence-electron chi connectivity index (χ0n) is 13.6. The molecule has 0 unspecified atom stereocenters. The summed E-state index contributed by atoms with van der Waals surface area (Å²) in [7, 11) is 0. The van der Waals surface area contributed by atoms with Gasteiger partial charge in [-0.25, -0.2) is 14.6 Å². The first kappa shape index (κ1) is 14.3. The van der Waals surface area contributed by atoms with Gasteiger partial charge in [0.2, 0.25) is 11.0 Å². The molecular weight excluding hydrogens is 334 g/mol. The van der Waals surface area contributed by atoms with Crippen LogP contribution in [0.15, 0.2) is 47.0 Å². The van der Waals surface area contributed by atoms with Gasteiger partial charge in [0, 0.05) is 17.5 Å². The number of thiazole rings is 1.